The van der Waals surface area contributed by atoms with Crippen LogP contribution in [0, 0.1) is 0 Å². The number of carbonyl (C=O) groups is 1. The van der Waals surface area contributed by atoms with Gasteiger partial charge in [0.2, 0.25) is 0 Å². The van der Waals surface area contributed by atoms with Crippen LogP contribution in [0.4, 0.5) is 4.79 Å². The summed E-state index contributed by atoms with van der Waals surface area (Å²) in [5.41, 5.74) is 1.02. The van der Waals surface area contributed by atoms with Crippen LogP contribution in [0.2, 0.25) is 0 Å². The van der Waals surface area contributed by atoms with Gasteiger partial charge in [-0.3, -0.25) is 4.98 Å². The van der Waals surface area contributed by atoms with E-state index in [4.69, 9.17) is 0 Å². The third kappa shape index (κ3) is 3.72. The predicted molar refractivity (Wildman–Crippen MR) is 71.2 cm³/mol. The molecule has 4 nitrogen and oxygen atoms in total. The molecule has 2 rings (SSSR count). The first kappa shape index (κ1) is 12.9. The molecule has 18 heavy (non-hydrogen) atoms. The van der Waals surface area contributed by atoms with E-state index in [9.17, 15) is 4.79 Å². The van der Waals surface area contributed by atoms with Crippen molar-refractivity contribution in [3.05, 3.63) is 30.1 Å². The Bertz CT molecular complexity index is 374. The molecule has 98 valence electrons. The van der Waals surface area contributed by atoms with E-state index in [2.05, 4.69) is 15.6 Å². The molecule has 2 amide bonds. The molecule has 1 atom stereocenters. The summed E-state index contributed by atoms with van der Waals surface area (Å²) in [4.78, 5) is 15.9. The highest BCUT2D eigenvalue weighted by atomic mass is 16.2. The first-order valence-corrected chi connectivity index (χ1v) is 6.72. The average molecular weight is 247 g/mol. The molecule has 1 aromatic heterocycles. The molecule has 1 aliphatic carbocycles. The number of aromatic nitrogens is 1. The van der Waals surface area contributed by atoms with E-state index in [-0.39, 0.29) is 12.1 Å². The van der Waals surface area contributed by atoms with Crippen molar-refractivity contribution >= 4 is 6.03 Å². The molecule has 0 bridgehead atoms. The number of nitrogens with one attached hydrogen (secondary N) is 2. The van der Waals surface area contributed by atoms with Gasteiger partial charge in [-0.25, -0.2) is 4.79 Å². The zero-order valence-corrected chi connectivity index (χ0v) is 10.9. The van der Waals surface area contributed by atoms with Crippen molar-refractivity contribution in [2.24, 2.45) is 0 Å². The zero-order valence-electron chi connectivity index (χ0n) is 10.9. The van der Waals surface area contributed by atoms with Crippen molar-refractivity contribution < 1.29 is 4.79 Å². The second-order valence-electron chi connectivity index (χ2n) is 4.96. The molecular formula is C14H21N3O. The lowest BCUT2D eigenvalue weighted by Crippen LogP contribution is -2.43. The van der Waals surface area contributed by atoms with Gasteiger partial charge in [-0.15, -0.1) is 0 Å². The highest BCUT2D eigenvalue weighted by molar-refractivity contribution is 5.74. The summed E-state index contributed by atoms with van der Waals surface area (Å²) in [6.45, 7) is 1.97. The van der Waals surface area contributed by atoms with Crippen LogP contribution in [-0.4, -0.2) is 17.1 Å². The van der Waals surface area contributed by atoms with E-state index in [0.717, 1.165) is 18.4 Å². The zero-order chi connectivity index (χ0) is 12.8. The first-order valence-electron chi connectivity index (χ1n) is 6.72. The van der Waals surface area contributed by atoms with Crippen LogP contribution in [0.3, 0.4) is 0 Å². The molecule has 0 aromatic carbocycles. The molecule has 0 aliphatic heterocycles. The van der Waals surface area contributed by atoms with Crippen LogP contribution in [0.1, 0.15) is 50.6 Å². The minimum absolute atomic E-state index is 0.0118. The second-order valence-corrected chi connectivity index (χ2v) is 4.96. The monoisotopic (exact) mass is 247 g/mol. The predicted octanol–water partition coefficient (Wildman–Crippen LogP) is 2.77. The molecule has 0 spiro atoms. The standard InChI is InChI=1S/C14H21N3O/c1-11(12-6-5-9-15-10-12)16-14(18)17-13-7-3-2-4-8-13/h5-6,9-11,13H,2-4,7-8H2,1H3,(H2,16,17,18). The minimum Gasteiger partial charge on any atom is -0.335 e. The SMILES string of the molecule is CC(NC(=O)NC1CCCCC1)c1cccnc1. The van der Waals surface area contributed by atoms with Crippen molar-refractivity contribution in [2.75, 3.05) is 0 Å². The lowest BCUT2D eigenvalue weighted by Gasteiger charge is -2.24. The maximum atomic E-state index is 11.9. The van der Waals surface area contributed by atoms with E-state index in [1.165, 1.54) is 19.3 Å². The molecule has 1 unspecified atom stereocenters. The maximum absolute atomic E-state index is 11.9. The van der Waals surface area contributed by atoms with Crippen LogP contribution in [0.5, 0.6) is 0 Å². The lowest BCUT2D eigenvalue weighted by molar-refractivity contribution is 0.229. The quantitative estimate of drug-likeness (QED) is 0.863. The Kier molecular flexibility index (Phi) is 4.56. The van der Waals surface area contributed by atoms with Crippen LogP contribution >= 0.6 is 0 Å². The molecule has 4 heteroatoms. The van der Waals surface area contributed by atoms with E-state index in [1.54, 1.807) is 12.4 Å². The third-order valence-corrected chi connectivity index (χ3v) is 3.47. The number of rotatable bonds is 3. The van der Waals surface area contributed by atoms with Gasteiger partial charge < -0.3 is 10.6 Å². The van der Waals surface area contributed by atoms with Gasteiger partial charge in [0.25, 0.3) is 0 Å². The maximum Gasteiger partial charge on any atom is 0.315 e. The summed E-state index contributed by atoms with van der Waals surface area (Å²) >= 11 is 0. The summed E-state index contributed by atoms with van der Waals surface area (Å²) in [6, 6.07) is 4.12. The molecule has 1 fully saturated rings. The summed E-state index contributed by atoms with van der Waals surface area (Å²) in [5, 5.41) is 6.00. The Morgan fingerprint density at radius 1 is 1.39 bits per heavy atom. The van der Waals surface area contributed by atoms with Gasteiger partial charge in [0.1, 0.15) is 0 Å². The van der Waals surface area contributed by atoms with Crippen molar-refractivity contribution in [2.45, 2.75) is 51.1 Å². The number of hydrogen-bond acceptors (Lipinski definition) is 2. The number of carbonyl (C=O) groups excluding carboxylic acids is 1. The largest absolute Gasteiger partial charge is 0.335 e. The topological polar surface area (TPSA) is 54.0 Å². The summed E-state index contributed by atoms with van der Waals surface area (Å²) in [5.74, 6) is 0. The summed E-state index contributed by atoms with van der Waals surface area (Å²) < 4.78 is 0. The fraction of sp³-hybridized carbons (Fsp3) is 0.571. The molecule has 1 heterocycles. The van der Waals surface area contributed by atoms with Crippen molar-refractivity contribution in [1.29, 1.82) is 0 Å². The van der Waals surface area contributed by atoms with Crippen molar-refractivity contribution in [1.82, 2.24) is 15.6 Å². The molecule has 0 radical (unpaired) electrons. The number of nitrogens with zero attached hydrogens (tertiary/aromatic N) is 1. The Morgan fingerprint density at radius 3 is 2.83 bits per heavy atom. The highest BCUT2D eigenvalue weighted by Gasteiger charge is 2.16. The normalized spacial score (nSPS) is 18.1. The van der Waals surface area contributed by atoms with Crippen LogP contribution in [-0.2, 0) is 0 Å². The molecule has 2 N–H and O–H groups in total. The Hall–Kier alpha value is -1.58. The fourth-order valence-corrected chi connectivity index (χ4v) is 2.39. The molecule has 0 saturated heterocycles. The van der Waals surface area contributed by atoms with Crippen LogP contribution in [0.25, 0.3) is 0 Å². The summed E-state index contributed by atoms with van der Waals surface area (Å²) in [6.07, 6.45) is 9.48. The van der Waals surface area contributed by atoms with Gasteiger partial charge in [0, 0.05) is 18.4 Å². The van der Waals surface area contributed by atoms with Crippen LogP contribution < -0.4 is 10.6 Å². The molecular weight excluding hydrogens is 226 g/mol. The van der Waals surface area contributed by atoms with E-state index < -0.39 is 0 Å². The number of hydrogen-bond donors (Lipinski definition) is 2. The smallest absolute Gasteiger partial charge is 0.315 e. The number of amides is 2. The Morgan fingerprint density at radius 2 is 2.17 bits per heavy atom. The Labute approximate surface area is 108 Å². The van der Waals surface area contributed by atoms with Gasteiger partial charge in [-0.2, -0.15) is 0 Å². The van der Waals surface area contributed by atoms with Gasteiger partial charge in [0.15, 0.2) is 0 Å². The van der Waals surface area contributed by atoms with Gasteiger partial charge in [0.05, 0.1) is 6.04 Å². The Balaban J connectivity index is 1.80. The van der Waals surface area contributed by atoms with Crippen LogP contribution in [0.15, 0.2) is 24.5 Å². The molecule has 1 saturated carbocycles. The second kappa shape index (κ2) is 6.38. The van der Waals surface area contributed by atoms with Gasteiger partial charge >= 0.3 is 6.03 Å². The van der Waals surface area contributed by atoms with Gasteiger partial charge in [-0.1, -0.05) is 25.3 Å². The van der Waals surface area contributed by atoms with Gasteiger partial charge in [-0.05, 0) is 31.4 Å². The minimum atomic E-state index is -0.0711. The first-order chi connectivity index (χ1) is 8.75. The summed E-state index contributed by atoms with van der Waals surface area (Å²) in [7, 11) is 0. The van der Waals surface area contributed by atoms with E-state index >= 15 is 0 Å². The lowest BCUT2D eigenvalue weighted by atomic mass is 9.96. The van der Waals surface area contributed by atoms with Crippen molar-refractivity contribution in [3.8, 4) is 0 Å². The highest BCUT2D eigenvalue weighted by Crippen LogP contribution is 2.17. The average Bonchev–Trinajstić information content (AvgIpc) is 2.40. The molecule has 1 aromatic rings. The van der Waals surface area contributed by atoms with E-state index in [1.807, 2.05) is 19.1 Å². The third-order valence-electron chi connectivity index (χ3n) is 3.47. The number of pyridine rings is 1. The van der Waals surface area contributed by atoms with E-state index in [0.29, 0.717) is 6.04 Å². The number of urea groups is 1. The fourth-order valence-electron chi connectivity index (χ4n) is 2.39. The molecule has 1 aliphatic rings. The van der Waals surface area contributed by atoms with Crippen molar-refractivity contribution in [3.63, 3.8) is 0 Å².